The molecular formula is C22H19N3O6. The molecule has 4 rings (SSSR count). The lowest BCUT2D eigenvalue weighted by atomic mass is 9.86. The van der Waals surface area contributed by atoms with E-state index in [1.807, 2.05) is 29.2 Å². The lowest BCUT2D eigenvalue weighted by Crippen LogP contribution is -2.26. The average Bonchev–Trinajstić information content (AvgIpc) is 3.08. The van der Waals surface area contributed by atoms with Crippen molar-refractivity contribution in [2.24, 2.45) is 4.99 Å². The fourth-order valence-electron chi connectivity index (χ4n) is 4.13. The van der Waals surface area contributed by atoms with Crippen LogP contribution in [-0.2, 0) is 22.6 Å². The van der Waals surface area contributed by atoms with Crippen molar-refractivity contribution in [2.45, 2.75) is 18.9 Å². The first-order chi connectivity index (χ1) is 15.0. The number of para-hydroxylation sites is 1. The number of hydrogen-bond acceptors (Lipinski definition) is 7. The molecule has 0 saturated carbocycles. The second-order valence-electron chi connectivity index (χ2n) is 7.11. The Hall–Kier alpha value is -3.98. The van der Waals surface area contributed by atoms with E-state index in [1.54, 1.807) is 24.9 Å². The summed E-state index contributed by atoms with van der Waals surface area (Å²) in [5.41, 5.74) is 4.09. The Morgan fingerprint density at radius 2 is 1.97 bits per heavy atom. The maximum Gasteiger partial charge on any atom is 0.307 e. The summed E-state index contributed by atoms with van der Waals surface area (Å²) in [7, 11) is 1.56. The molecule has 31 heavy (non-hydrogen) atoms. The van der Waals surface area contributed by atoms with E-state index in [9.17, 15) is 24.7 Å². The van der Waals surface area contributed by atoms with Gasteiger partial charge in [-0.1, -0.05) is 24.3 Å². The van der Waals surface area contributed by atoms with E-state index >= 15 is 0 Å². The number of fused-ring (bicyclic) bond motifs is 3. The lowest BCUT2D eigenvalue weighted by Gasteiger charge is -2.24. The number of rotatable bonds is 6. The Balaban J connectivity index is 1.92. The summed E-state index contributed by atoms with van der Waals surface area (Å²) >= 11 is 0. The fraction of sp³-hybridized carbons (Fsp3) is 0.182. The first-order valence-electron chi connectivity index (χ1n) is 9.44. The van der Waals surface area contributed by atoms with Crippen molar-refractivity contribution in [3.63, 3.8) is 0 Å². The molecule has 2 aliphatic heterocycles. The molecule has 0 radical (unpaired) electrons. The van der Waals surface area contributed by atoms with E-state index in [0.717, 1.165) is 5.56 Å². The zero-order chi connectivity index (χ0) is 22.1. The summed E-state index contributed by atoms with van der Waals surface area (Å²) in [6.45, 7) is 0.334. The minimum absolute atomic E-state index is 0.0236. The van der Waals surface area contributed by atoms with Crippen LogP contribution in [0.1, 0.15) is 33.0 Å². The van der Waals surface area contributed by atoms with E-state index in [-0.39, 0.29) is 16.9 Å². The molecule has 0 saturated heterocycles. The number of carbonyl (C=O) groups excluding carboxylic acids is 2. The van der Waals surface area contributed by atoms with Gasteiger partial charge in [0, 0.05) is 23.0 Å². The van der Waals surface area contributed by atoms with E-state index in [0.29, 0.717) is 29.2 Å². The molecule has 1 unspecified atom stereocenters. The van der Waals surface area contributed by atoms with Gasteiger partial charge in [0.2, 0.25) is 0 Å². The van der Waals surface area contributed by atoms with Crippen LogP contribution in [0.4, 0.5) is 5.69 Å². The number of ether oxygens (including phenoxy) is 1. The smallest absolute Gasteiger partial charge is 0.307 e. The molecule has 9 heteroatoms. The first kappa shape index (κ1) is 20.3. The van der Waals surface area contributed by atoms with E-state index in [1.165, 1.54) is 12.3 Å². The molecule has 3 N–H and O–H groups in total. The number of hydroxylamine groups is 1. The highest BCUT2D eigenvalue weighted by molar-refractivity contribution is 6.33. The maximum absolute atomic E-state index is 12.8. The van der Waals surface area contributed by atoms with Gasteiger partial charge in [0.05, 0.1) is 43.5 Å². The van der Waals surface area contributed by atoms with E-state index in [2.05, 4.69) is 4.99 Å². The third-order valence-electron chi connectivity index (χ3n) is 5.38. The van der Waals surface area contributed by atoms with Crippen LogP contribution >= 0.6 is 0 Å². The normalized spacial score (nSPS) is 16.5. The summed E-state index contributed by atoms with van der Waals surface area (Å²) in [5, 5.41) is 18.6. The van der Waals surface area contributed by atoms with Crippen LogP contribution in [0.3, 0.4) is 0 Å². The summed E-state index contributed by atoms with van der Waals surface area (Å²) in [4.78, 5) is 42.6. The Morgan fingerprint density at radius 3 is 2.68 bits per heavy atom. The number of hydrogen-bond donors (Lipinski definition) is 3. The Bertz CT molecular complexity index is 1150. The standard InChI is InChI=1S/C22H19N3O6/c1-31-17-5-3-2-4-13(17)11-25-14-7-6-12(8-18(27)28)19(22(29)24-30)21(14)20-15(25)9-23-10-16(20)26/h2-7,9-10,20,30H,8,11H2,1H3,(H,24,29)(H,27,28). The molecule has 0 aliphatic carbocycles. The van der Waals surface area contributed by atoms with Crippen molar-refractivity contribution >= 4 is 29.6 Å². The van der Waals surface area contributed by atoms with E-state index in [4.69, 9.17) is 4.74 Å². The van der Waals surface area contributed by atoms with Crippen LogP contribution < -0.4 is 15.1 Å². The molecule has 1 atom stereocenters. The maximum atomic E-state index is 12.8. The van der Waals surface area contributed by atoms with Gasteiger partial charge in [-0.15, -0.1) is 0 Å². The van der Waals surface area contributed by atoms with Crippen LogP contribution in [0.5, 0.6) is 5.75 Å². The number of ketones is 1. The number of amides is 1. The van der Waals surface area contributed by atoms with Gasteiger partial charge in [-0.2, -0.15) is 0 Å². The molecule has 2 aliphatic rings. The largest absolute Gasteiger partial charge is 0.496 e. The van der Waals surface area contributed by atoms with Gasteiger partial charge in [-0.3, -0.25) is 24.6 Å². The molecule has 1 amide bonds. The average molecular weight is 421 g/mol. The zero-order valence-electron chi connectivity index (χ0n) is 16.5. The van der Waals surface area contributed by atoms with Crippen LogP contribution in [0, 0.1) is 0 Å². The number of carbonyl (C=O) groups is 3. The quantitative estimate of drug-likeness (QED) is 0.481. The molecular weight excluding hydrogens is 402 g/mol. The molecule has 158 valence electrons. The SMILES string of the molecule is COc1ccccc1CN1C2=CN=CC(=O)C2c2c1ccc(CC(=O)O)c2C(=O)NO. The van der Waals surface area contributed by atoms with Crippen molar-refractivity contribution in [3.8, 4) is 5.75 Å². The topological polar surface area (TPSA) is 129 Å². The summed E-state index contributed by atoms with van der Waals surface area (Å²) in [5.74, 6) is -2.51. The number of nitrogens with zero attached hydrogens (tertiary/aromatic N) is 2. The van der Waals surface area contributed by atoms with Crippen molar-refractivity contribution in [1.82, 2.24) is 5.48 Å². The highest BCUT2D eigenvalue weighted by Crippen LogP contribution is 2.48. The molecule has 0 fully saturated rings. The van der Waals surface area contributed by atoms with Crippen molar-refractivity contribution < 1.29 is 29.4 Å². The highest BCUT2D eigenvalue weighted by atomic mass is 16.5. The van der Waals surface area contributed by atoms with Gasteiger partial charge in [-0.05, 0) is 17.7 Å². The highest BCUT2D eigenvalue weighted by Gasteiger charge is 2.43. The number of nitrogens with one attached hydrogen (secondary N) is 1. The van der Waals surface area contributed by atoms with Gasteiger partial charge < -0.3 is 14.7 Å². The molecule has 0 aromatic heterocycles. The van der Waals surface area contributed by atoms with Crippen LogP contribution in [0.25, 0.3) is 0 Å². The molecule has 0 bridgehead atoms. The van der Waals surface area contributed by atoms with Crippen molar-refractivity contribution in [1.29, 1.82) is 0 Å². The second-order valence-corrected chi connectivity index (χ2v) is 7.11. The number of Topliss-reactive ketones (excluding diaryl/α,β-unsaturated/α-hetero) is 1. The van der Waals surface area contributed by atoms with Crippen molar-refractivity contribution in [2.75, 3.05) is 12.0 Å². The number of carboxylic acids is 1. The van der Waals surface area contributed by atoms with Crippen LogP contribution in [0.15, 0.2) is 53.3 Å². The number of benzene rings is 2. The van der Waals surface area contributed by atoms with E-state index < -0.39 is 24.2 Å². The summed E-state index contributed by atoms with van der Waals surface area (Å²) in [6.07, 6.45) is 2.30. The molecule has 2 aromatic carbocycles. The van der Waals surface area contributed by atoms with Crippen LogP contribution in [0.2, 0.25) is 0 Å². The monoisotopic (exact) mass is 421 g/mol. The summed E-state index contributed by atoms with van der Waals surface area (Å²) in [6, 6.07) is 10.6. The third-order valence-corrected chi connectivity index (χ3v) is 5.38. The number of allylic oxidation sites excluding steroid dienone is 1. The minimum Gasteiger partial charge on any atom is -0.496 e. The summed E-state index contributed by atoms with van der Waals surface area (Å²) < 4.78 is 5.44. The van der Waals surface area contributed by atoms with Crippen LogP contribution in [-0.4, -0.2) is 41.3 Å². The van der Waals surface area contributed by atoms with Gasteiger partial charge in [0.15, 0.2) is 5.78 Å². The first-order valence-corrected chi connectivity index (χ1v) is 9.44. The van der Waals surface area contributed by atoms with Gasteiger partial charge in [0.25, 0.3) is 5.91 Å². The number of methoxy groups -OCH3 is 1. The molecule has 9 nitrogen and oxygen atoms in total. The second kappa shape index (κ2) is 8.04. The number of carboxylic acid groups (broad SMARTS) is 1. The van der Waals surface area contributed by atoms with Gasteiger partial charge in [0.1, 0.15) is 5.75 Å². The minimum atomic E-state index is -1.14. The number of anilines is 1. The molecule has 0 spiro atoms. The Kier molecular flexibility index (Phi) is 5.26. The lowest BCUT2D eigenvalue weighted by molar-refractivity contribution is -0.136. The third kappa shape index (κ3) is 3.44. The predicted molar refractivity (Wildman–Crippen MR) is 111 cm³/mol. The van der Waals surface area contributed by atoms with Gasteiger partial charge >= 0.3 is 5.97 Å². The fourth-order valence-corrected chi connectivity index (χ4v) is 4.13. The Labute approximate surface area is 177 Å². The zero-order valence-corrected chi connectivity index (χ0v) is 16.5. The Morgan fingerprint density at radius 1 is 1.19 bits per heavy atom. The van der Waals surface area contributed by atoms with Gasteiger partial charge in [-0.25, -0.2) is 5.48 Å². The molecule has 2 heterocycles. The predicted octanol–water partition coefficient (Wildman–Crippen LogP) is 2.04. The molecule has 2 aromatic rings. The van der Waals surface area contributed by atoms with Crippen molar-refractivity contribution in [3.05, 3.63) is 70.5 Å². The number of aliphatic carboxylic acids is 1. The number of aliphatic imine (C=N–C) groups is 1.